The predicted octanol–water partition coefficient (Wildman–Crippen LogP) is 3.24. The number of benzene rings is 2. The van der Waals surface area contributed by atoms with E-state index in [0.29, 0.717) is 22.8 Å². The Labute approximate surface area is 133 Å². The number of ether oxygens (including phenoxy) is 2. The van der Waals surface area contributed by atoms with Crippen molar-refractivity contribution in [2.24, 2.45) is 4.99 Å². The Morgan fingerprint density at radius 2 is 1.96 bits per heavy atom. The molecule has 23 heavy (non-hydrogen) atoms. The van der Waals surface area contributed by atoms with Gasteiger partial charge in [0.05, 0.1) is 19.6 Å². The molecule has 1 aliphatic heterocycles. The number of hydrogen-bond donors (Lipinski definition) is 0. The van der Waals surface area contributed by atoms with Crippen LogP contribution in [0, 0.1) is 0 Å². The van der Waals surface area contributed by atoms with Crippen molar-refractivity contribution in [2.75, 3.05) is 20.8 Å². The summed E-state index contributed by atoms with van der Waals surface area (Å²) in [6, 6.07) is 12.1. The van der Waals surface area contributed by atoms with Gasteiger partial charge in [-0.1, -0.05) is 29.4 Å². The maximum absolute atomic E-state index is 5.64. The van der Waals surface area contributed by atoms with Crippen molar-refractivity contribution in [1.29, 1.82) is 0 Å². The molecule has 4 rings (SSSR count). The first kappa shape index (κ1) is 13.8. The molecular formula is C18H16N2O3. The van der Waals surface area contributed by atoms with Crippen LogP contribution in [0.4, 0.5) is 0 Å². The van der Waals surface area contributed by atoms with Crippen LogP contribution in [0.1, 0.15) is 16.9 Å². The highest BCUT2D eigenvalue weighted by molar-refractivity contribution is 6.18. The Hall–Kier alpha value is -2.82. The van der Waals surface area contributed by atoms with E-state index in [1.54, 1.807) is 14.2 Å². The van der Waals surface area contributed by atoms with E-state index in [9.17, 15) is 0 Å². The van der Waals surface area contributed by atoms with Crippen LogP contribution in [0.15, 0.2) is 45.9 Å². The fraction of sp³-hybridized carbons (Fsp3) is 0.222. The van der Waals surface area contributed by atoms with E-state index in [2.05, 4.69) is 22.3 Å². The third kappa shape index (κ3) is 2.08. The van der Waals surface area contributed by atoms with Gasteiger partial charge in [0, 0.05) is 12.1 Å². The second-order valence-corrected chi connectivity index (χ2v) is 5.35. The van der Waals surface area contributed by atoms with E-state index in [1.165, 1.54) is 5.56 Å². The topological polar surface area (TPSA) is 56.9 Å². The second kappa shape index (κ2) is 5.43. The summed E-state index contributed by atoms with van der Waals surface area (Å²) in [6.07, 6.45) is 0.947. The molecule has 3 aromatic rings. The molecule has 5 nitrogen and oxygen atoms in total. The molecule has 0 N–H and O–H groups in total. The van der Waals surface area contributed by atoms with Gasteiger partial charge in [-0.15, -0.1) is 0 Å². The highest BCUT2D eigenvalue weighted by Gasteiger charge is 2.24. The molecule has 0 saturated carbocycles. The minimum atomic E-state index is 0.574. The molecule has 0 amide bonds. The Kier molecular flexibility index (Phi) is 3.26. The molecule has 2 heterocycles. The SMILES string of the molecule is COc1ccc2c([14C]3=NCCc4ccccc43)onc2c1OC. The molecule has 0 aliphatic carbocycles. The first-order valence-electron chi connectivity index (χ1n) is 7.47. The fourth-order valence-electron chi connectivity index (χ4n) is 3.03. The maximum Gasteiger partial charge on any atom is 0.193 e. The van der Waals surface area contributed by atoms with Crippen LogP contribution < -0.4 is 9.47 Å². The molecule has 0 bridgehead atoms. The van der Waals surface area contributed by atoms with Crippen LogP contribution in [-0.2, 0) is 6.42 Å². The number of aromatic nitrogens is 1. The maximum atomic E-state index is 5.64. The number of methoxy groups -OCH3 is 2. The number of fused-ring (bicyclic) bond motifs is 2. The van der Waals surface area contributed by atoms with Crippen LogP contribution in [0.25, 0.3) is 10.9 Å². The lowest BCUT2D eigenvalue weighted by atomic mass is 10.1. The summed E-state index contributed by atoms with van der Waals surface area (Å²) in [5.41, 5.74) is 3.88. The molecule has 0 radical (unpaired) electrons. The average molecular weight is 310 g/mol. The molecule has 2 aromatic carbocycles. The Bertz CT molecular complexity index is 912. The van der Waals surface area contributed by atoms with Crippen LogP contribution in [0.2, 0.25) is 0 Å². The highest BCUT2D eigenvalue weighted by Crippen LogP contribution is 2.37. The van der Waals surface area contributed by atoms with Crippen molar-refractivity contribution in [1.82, 2.24) is 5.16 Å². The number of aliphatic imine (C=N–C) groups is 1. The molecule has 1 aromatic heterocycles. The van der Waals surface area contributed by atoms with Gasteiger partial charge in [0.1, 0.15) is 5.71 Å². The average Bonchev–Trinajstić information content (AvgIpc) is 3.04. The van der Waals surface area contributed by atoms with Gasteiger partial charge in [-0.05, 0) is 24.1 Å². The second-order valence-electron chi connectivity index (χ2n) is 5.35. The summed E-state index contributed by atoms with van der Waals surface area (Å²) >= 11 is 0. The first-order chi connectivity index (χ1) is 11.3. The van der Waals surface area contributed by atoms with Crippen molar-refractivity contribution in [3.8, 4) is 11.5 Å². The zero-order valence-corrected chi connectivity index (χ0v) is 13.0. The summed E-state index contributed by atoms with van der Waals surface area (Å²) < 4.78 is 16.4. The van der Waals surface area contributed by atoms with Gasteiger partial charge in [-0.25, -0.2) is 0 Å². The van der Waals surface area contributed by atoms with E-state index in [0.717, 1.165) is 29.6 Å². The lowest BCUT2D eigenvalue weighted by Crippen LogP contribution is -2.13. The van der Waals surface area contributed by atoms with Crippen LogP contribution >= 0.6 is 0 Å². The third-order valence-corrected chi connectivity index (χ3v) is 4.13. The highest BCUT2D eigenvalue weighted by atomic mass is 16.5. The minimum Gasteiger partial charge on any atom is -0.493 e. The molecule has 5 heteroatoms. The zero-order valence-electron chi connectivity index (χ0n) is 13.0. The van der Waals surface area contributed by atoms with Gasteiger partial charge in [-0.2, -0.15) is 0 Å². The minimum absolute atomic E-state index is 0.574. The van der Waals surface area contributed by atoms with E-state index < -0.39 is 0 Å². The van der Waals surface area contributed by atoms with Crippen molar-refractivity contribution >= 4 is 16.6 Å². The van der Waals surface area contributed by atoms with E-state index >= 15 is 0 Å². The largest absolute Gasteiger partial charge is 0.493 e. The van der Waals surface area contributed by atoms with E-state index in [4.69, 9.17) is 14.0 Å². The van der Waals surface area contributed by atoms with Gasteiger partial charge in [0.15, 0.2) is 22.8 Å². The third-order valence-electron chi connectivity index (χ3n) is 4.13. The number of rotatable bonds is 3. The Balaban J connectivity index is 1.93. The normalized spacial score (nSPS) is 13.6. The summed E-state index contributed by atoms with van der Waals surface area (Å²) in [7, 11) is 3.20. The van der Waals surface area contributed by atoms with Crippen molar-refractivity contribution in [2.45, 2.75) is 6.42 Å². The van der Waals surface area contributed by atoms with E-state index in [-0.39, 0.29) is 0 Å². The Morgan fingerprint density at radius 3 is 2.78 bits per heavy atom. The summed E-state index contributed by atoms with van der Waals surface area (Å²) in [6.45, 7) is 0.752. The van der Waals surface area contributed by atoms with Crippen LogP contribution in [-0.4, -0.2) is 31.6 Å². The van der Waals surface area contributed by atoms with E-state index in [1.807, 2.05) is 24.3 Å². The summed E-state index contributed by atoms with van der Waals surface area (Å²) in [5.74, 6) is 1.88. The fourth-order valence-corrected chi connectivity index (χ4v) is 3.03. The molecule has 0 spiro atoms. The van der Waals surface area contributed by atoms with Crippen molar-refractivity contribution < 1.29 is 14.0 Å². The molecule has 1 aliphatic rings. The van der Waals surface area contributed by atoms with Gasteiger partial charge in [0.2, 0.25) is 0 Å². The van der Waals surface area contributed by atoms with Gasteiger partial charge in [0.25, 0.3) is 0 Å². The molecule has 0 unspecified atom stereocenters. The smallest absolute Gasteiger partial charge is 0.193 e. The Morgan fingerprint density at radius 1 is 1.09 bits per heavy atom. The van der Waals surface area contributed by atoms with Crippen LogP contribution in [0.3, 0.4) is 0 Å². The van der Waals surface area contributed by atoms with Crippen LogP contribution in [0.5, 0.6) is 11.5 Å². The molecule has 0 fully saturated rings. The quantitative estimate of drug-likeness (QED) is 0.745. The molecule has 0 saturated heterocycles. The molecular weight excluding hydrogens is 294 g/mol. The zero-order chi connectivity index (χ0) is 15.8. The first-order valence-corrected chi connectivity index (χ1v) is 7.47. The molecule has 116 valence electrons. The molecule has 0 atom stereocenters. The standard InChI is InChI=1S/C18H16N2O3/c1-21-14-8-7-13-16(18(14)22-2)20-23-17(13)15-12-6-4-3-5-11(12)9-10-19-15/h3-8H,9-10H2,1-2H3/i15+2. The lowest BCUT2D eigenvalue weighted by Gasteiger charge is -2.15. The van der Waals surface area contributed by atoms with Gasteiger partial charge in [-0.3, -0.25) is 4.99 Å². The van der Waals surface area contributed by atoms with Gasteiger partial charge < -0.3 is 14.0 Å². The van der Waals surface area contributed by atoms with Crippen molar-refractivity contribution in [3.05, 3.63) is 53.3 Å². The summed E-state index contributed by atoms with van der Waals surface area (Å²) in [4.78, 5) is 4.67. The van der Waals surface area contributed by atoms with Crippen molar-refractivity contribution in [3.63, 3.8) is 0 Å². The monoisotopic (exact) mass is 310 g/mol. The summed E-state index contributed by atoms with van der Waals surface area (Å²) in [5, 5.41) is 5.06. The predicted molar refractivity (Wildman–Crippen MR) is 87.8 cm³/mol. The van der Waals surface area contributed by atoms with Gasteiger partial charge >= 0.3 is 0 Å². The number of nitrogens with zero attached hydrogens (tertiary/aromatic N) is 2. The number of hydrogen-bond acceptors (Lipinski definition) is 5. The lowest BCUT2D eigenvalue weighted by molar-refractivity contribution is 0.355.